The number of H-pyrrole nitrogens is 1. The van der Waals surface area contributed by atoms with Gasteiger partial charge in [0.1, 0.15) is 5.75 Å². The Bertz CT molecular complexity index is 1060. The fraction of sp³-hybridized carbons (Fsp3) is 0.0833. The van der Waals surface area contributed by atoms with Crippen LogP contribution >= 0.6 is 11.6 Å². The summed E-state index contributed by atoms with van der Waals surface area (Å²) in [6.07, 6.45) is 6.49. The van der Waals surface area contributed by atoms with Gasteiger partial charge in [-0.05, 0) is 47.0 Å². The number of allylic oxidation sites excluding steroid dienone is 1. The molecule has 0 bridgehead atoms. The van der Waals surface area contributed by atoms with Crippen molar-refractivity contribution in [1.82, 2.24) is 4.98 Å². The van der Waals surface area contributed by atoms with E-state index in [1.54, 1.807) is 7.11 Å². The van der Waals surface area contributed by atoms with Gasteiger partial charge in [-0.1, -0.05) is 66.2 Å². The average Bonchev–Trinajstić information content (AvgIpc) is 3.14. The number of hydrogen-bond donors (Lipinski definition) is 1. The molecule has 0 aliphatic carbocycles. The minimum Gasteiger partial charge on any atom is -0.497 e. The summed E-state index contributed by atoms with van der Waals surface area (Å²) < 4.78 is 5.24. The van der Waals surface area contributed by atoms with E-state index in [0.717, 1.165) is 21.9 Å². The van der Waals surface area contributed by atoms with Crippen LogP contribution in [0.4, 0.5) is 0 Å². The van der Waals surface area contributed by atoms with E-state index in [-0.39, 0.29) is 5.92 Å². The highest BCUT2D eigenvalue weighted by Crippen LogP contribution is 2.33. The molecule has 4 aromatic rings. The first-order valence-electron chi connectivity index (χ1n) is 8.88. The Labute approximate surface area is 164 Å². The summed E-state index contributed by atoms with van der Waals surface area (Å²) in [6, 6.07) is 24.5. The minimum absolute atomic E-state index is 0.125. The zero-order valence-electron chi connectivity index (χ0n) is 15.0. The van der Waals surface area contributed by atoms with Crippen LogP contribution in [0.25, 0.3) is 17.0 Å². The van der Waals surface area contributed by atoms with Gasteiger partial charge in [0.2, 0.25) is 0 Å². The first kappa shape index (κ1) is 17.4. The Morgan fingerprint density at radius 1 is 0.926 bits per heavy atom. The summed E-state index contributed by atoms with van der Waals surface area (Å²) in [5.74, 6) is 0.985. The molecule has 3 aromatic carbocycles. The van der Waals surface area contributed by atoms with Crippen molar-refractivity contribution in [3.05, 3.63) is 107 Å². The van der Waals surface area contributed by atoms with E-state index in [9.17, 15) is 0 Å². The number of aromatic nitrogens is 1. The molecule has 0 aliphatic heterocycles. The fourth-order valence-electron chi connectivity index (χ4n) is 3.34. The molecule has 1 unspecified atom stereocenters. The van der Waals surface area contributed by atoms with Crippen LogP contribution in [0.3, 0.4) is 0 Å². The Balaban J connectivity index is 1.75. The Hall–Kier alpha value is -2.97. The highest BCUT2D eigenvalue weighted by molar-refractivity contribution is 6.30. The zero-order valence-corrected chi connectivity index (χ0v) is 15.8. The lowest BCUT2D eigenvalue weighted by molar-refractivity contribution is 0.415. The Kier molecular flexibility index (Phi) is 4.99. The summed E-state index contributed by atoms with van der Waals surface area (Å²) in [5.41, 5.74) is 4.73. The molecule has 0 fully saturated rings. The van der Waals surface area contributed by atoms with Crippen LogP contribution in [0.5, 0.6) is 5.75 Å². The lowest BCUT2D eigenvalue weighted by Gasteiger charge is -2.13. The number of halogens is 1. The van der Waals surface area contributed by atoms with Crippen molar-refractivity contribution in [2.75, 3.05) is 7.11 Å². The summed E-state index contributed by atoms with van der Waals surface area (Å²) in [5, 5.41) is 1.98. The zero-order chi connectivity index (χ0) is 18.6. The van der Waals surface area contributed by atoms with E-state index in [2.05, 4.69) is 65.8 Å². The van der Waals surface area contributed by atoms with Crippen LogP contribution in [-0.2, 0) is 0 Å². The third kappa shape index (κ3) is 3.76. The van der Waals surface area contributed by atoms with Gasteiger partial charge in [0.05, 0.1) is 7.11 Å². The number of aromatic amines is 1. The third-order valence-electron chi connectivity index (χ3n) is 4.78. The van der Waals surface area contributed by atoms with Gasteiger partial charge in [-0.25, -0.2) is 0 Å². The highest BCUT2D eigenvalue weighted by atomic mass is 35.5. The second-order valence-corrected chi connectivity index (χ2v) is 6.89. The quantitative estimate of drug-likeness (QED) is 0.415. The van der Waals surface area contributed by atoms with Gasteiger partial charge in [0.15, 0.2) is 0 Å². The molecule has 134 valence electrons. The number of nitrogens with one attached hydrogen (secondary N) is 1. The van der Waals surface area contributed by atoms with Crippen LogP contribution in [-0.4, -0.2) is 12.1 Å². The Morgan fingerprint density at radius 3 is 2.41 bits per heavy atom. The molecule has 0 saturated carbocycles. The molecule has 0 aliphatic rings. The minimum atomic E-state index is 0.125. The van der Waals surface area contributed by atoms with Gasteiger partial charge < -0.3 is 9.72 Å². The number of para-hydroxylation sites is 1. The predicted octanol–water partition coefficient (Wildman–Crippen LogP) is 6.68. The summed E-state index contributed by atoms with van der Waals surface area (Å²) >= 11 is 6.10. The van der Waals surface area contributed by atoms with Crippen LogP contribution in [0.1, 0.15) is 22.6 Å². The molecule has 2 nitrogen and oxygen atoms in total. The van der Waals surface area contributed by atoms with Gasteiger partial charge >= 0.3 is 0 Å². The molecule has 1 heterocycles. The topological polar surface area (TPSA) is 25.0 Å². The molecule has 1 aromatic heterocycles. The molecule has 0 amide bonds. The van der Waals surface area contributed by atoms with E-state index in [1.165, 1.54) is 16.5 Å². The SMILES string of the molecule is COc1ccc(/C=C/C(c2ccc(Cl)cc2)c2c[nH]c3ccccc23)cc1. The molecule has 4 rings (SSSR count). The van der Waals surface area contributed by atoms with Crippen LogP contribution < -0.4 is 4.74 Å². The van der Waals surface area contributed by atoms with Crippen molar-refractivity contribution in [3.63, 3.8) is 0 Å². The number of hydrogen-bond acceptors (Lipinski definition) is 1. The number of fused-ring (bicyclic) bond motifs is 1. The maximum absolute atomic E-state index is 6.10. The molecule has 0 saturated heterocycles. The van der Waals surface area contributed by atoms with Crippen LogP contribution in [0.15, 0.2) is 85.1 Å². The van der Waals surface area contributed by atoms with E-state index >= 15 is 0 Å². The van der Waals surface area contributed by atoms with Gasteiger partial charge in [0, 0.05) is 28.0 Å². The summed E-state index contributed by atoms with van der Waals surface area (Å²) in [6.45, 7) is 0. The second kappa shape index (κ2) is 7.73. The van der Waals surface area contributed by atoms with Crippen molar-refractivity contribution < 1.29 is 4.74 Å². The number of benzene rings is 3. The lowest BCUT2D eigenvalue weighted by Crippen LogP contribution is -1.97. The normalized spacial score (nSPS) is 12.5. The maximum Gasteiger partial charge on any atom is 0.118 e. The van der Waals surface area contributed by atoms with Crippen LogP contribution in [0.2, 0.25) is 5.02 Å². The van der Waals surface area contributed by atoms with Gasteiger partial charge in [0.25, 0.3) is 0 Å². The smallest absolute Gasteiger partial charge is 0.118 e. The molecule has 1 N–H and O–H groups in total. The standard InChI is InChI=1S/C24H20ClNO/c1-27-20-13-6-17(7-14-20)8-15-21(18-9-11-19(25)12-10-18)23-16-26-24-5-3-2-4-22(23)24/h2-16,21,26H,1H3/b15-8+. The predicted molar refractivity (Wildman–Crippen MR) is 114 cm³/mol. The molecular weight excluding hydrogens is 354 g/mol. The molecule has 0 radical (unpaired) electrons. The molecular formula is C24H20ClNO. The van der Waals surface area contributed by atoms with Gasteiger partial charge in [-0.15, -0.1) is 0 Å². The van der Waals surface area contributed by atoms with E-state index in [0.29, 0.717) is 0 Å². The maximum atomic E-state index is 6.10. The molecule has 0 spiro atoms. The summed E-state index contributed by atoms with van der Waals surface area (Å²) in [7, 11) is 1.68. The lowest BCUT2D eigenvalue weighted by atomic mass is 9.90. The van der Waals surface area contributed by atoms with Crippen molar-refractivity contribution in [2.45, 2.75) is 5.92 Å². The van der Waals surface area contributed by atoms with Crippen molar-refractivity contribution in [1.29, 1.82) is 0 Å². The largest absolute Gasteiger partial charge is 0.497 e. The number of rotatable bonds is 5. The Morgan fingerprint density at radius 2 is 1.67 bits per heavy atom. The molecule has 1 atom stereocenters. The van der Waals surface area contributed by atoms with Gasteiger partial charge in [-0.3, -0.25) is 0 Å². The highest BCUT2D eigenvalue weighted by Gasteiger charge is 2.15. The third-order valence-corrected chi connectivity index (χ3v) is 5.03. The van der Waals surface area contributed by atoms with Crippen LogP contribution in [0, 0.1) is 0 Å². The van der Waals surface area contributed by atoms with E-state index in [4.69, 9.17) is 16.3 Å². The monoisotopic (exact) mass is 373 g/mol. The molecule has 27 heavy (non-hydrogen) atoms. The number of ether oxygens (including phenoxy) is 1. The van der Waals surface area contributed by atoms with Gasteiger partial charge in [-0.2, -0.15) is 0 Å². The van der Waals surface area contributed by atoms with E-state index in [1.807, 2.05) is 30.3 Å². The van der Waals surface area contributed by atoms with Crippen molar-refractivity contribution >= 4 is 28.6 Å². The fourth-order valence-corrected chi connectivity index (χ4v) is 3.46. The van der Waals surface area contributed by atoms with E-state index < -0.39 is 0 Å². The molecule has 3 heteroatoms. The second-order valence-electron chi connectivity index (χ2n) is 6.45. The average molecular weight is 374 g/mol. The number of methoxy groups -OCH3 is 1. The van der Waals surface area contributed by atoms with Crippen molar-refractivity contribution in [3.8, 4) is 5.75 Å². The first-order valence-corrected chi connectivity index (χ1v) is 9.26. The van der Waals surface area contributed by atoms with Crippen molar-refractivity contribution in [2.24, 2.45) is 0 Å². The first-order chi connectivity index (χ1) is 13.2. The summed E-state index contributed by atoms with van der Waals surface area (Å²) in [4.78, 5) is 3.39.